The molecule has 166 valence electrons. The molecule has 0 saturated carbocycles. The highest BCUT2D eigenvalue weighted by molar-refractivity contribution is 7.14. The summed E-state index contributed by atoms with van der Waals surface area (Å²) >= 11 is 6.87. The maximum Gasteiger partial charge on any atom is 0.271 e. The molecule has 0 spiro atoms. The number of carbonyl (C=O) groups excluding carboxylic acids is 2. The molecule has 0 aliphatic carbocycles. The highest BCUT2D eigenvalue weighted by Crippen LogP contribution is 2.20. The Morgan fingerprint density at radius 1 is 1.22 bits per heavy atom. The summed E-state index contributed by atoms with van der Waals surface area (Å²) in [7, 11) is 0. The molecule has 0 unspecified atom stereocenters. The number of anilines is 1. The SMILES string of the molecule is O=C(Nc1nc(C(=O)NC2CCN(Cc3cccnc3)CC2)cs1)c1ccc(F)c(Cl)c1. The van der Waals surface area contributed by atoms with Crippen LogP contribution in [0.1, 0.15) is 39.3 Å². The number of nitrogens with zero attached hydrogens (tertiary/aromatic N) is 3. The maximum atomic E-state index is 13.3. The zero-order chi connectivity index (χ0) is 22.5. The molecule has 10 heteroatoms. The van der Waals surface area contributed by atoms with E-state index in [0.717, 1.165) is 49.9 Å². The van der Waals surface area contributed by atoms with Crippen LogP contribution >= 0.6 is 22.9 Å². The summed E-state index contributed by atoms with van der Waals surface area (Å²) in [5.41, 5.74) is 1.63. The highest BCUT2D eigenvalue weighted by atomic mass is 35.5. The van der Waals surface area contributed by atoms with E-state index in [0.29, 0.717) is 0 Å². The van der Waals surface area contributed by atoms with Crippen molar-refractivity contribution in [3.05, 3.63) is 75.8 Å². The molecule has 0 radical (unpaired) electrons. The van der Waals surface area contributed by atoms with Gasteiger partial charge in [0.1, 0.15) is 11.5 Å². The zero-order valence-electron chi connectivity index (χ0n) is 17.1. The minimum Gasteiger partial charge on any atom is -0.348 e. The van der Waals surface area contributed by atoms with Crippen LogP contribution in [0.2, 0.25) is 5.02 Å². The lowest BCUT2D eigenvalue weighted by atomic mass is 10.0. The van der Waals surface area contributed by atoms with Crippen LogP contribution in [0.3, 0.4) is 0 Å². The van der Waals surface area contributed by atoms with Crippen LogP contribution in [0.15, 0.2) is 48.1 Å². The molecule has 7 nitrogen and oxygen atoms in total. The number of benzene rings is 1. The van der Waals surface area contributed by atoms with Gasteiger partial charge in [-0.3, -0.25) is 24.8 Å². The monoisotopic (exact) mass is 473 g/mol. The van der Waals surface area contributed by atoms with Gasteiger partial charge in [-0.05, 0) is 42.7 Å². The third kappa shape index (κ3) is 5.67. The van der Waals surface area contributed by atoms with Gasteiger partial charge in [-0.2, -0.15) is 0 Å². The van der Waals surface area contributed by atoms with Gasteiger partial charge < -0.3 is 5.32 Å². The van der Waals surface area contributed by atoms with Gasteiger partial charge in [-0.15, -0.1) is 11.3 Å². The molecule has 1 aromatic carbocycles. The number of likely N-dealkylation sites (tertiary alicyclic amines) is 1. The number of pyridine rings is 1. The molecule has 2 N–H and O–H groups in total. The Balaban J connectivity index is 1.27. The van der Waals surface area contributed by atoms with Gasteiger partial charge in [0.15, 0.2) is 5.13 Å². The fraction of sp³-hybridized carbons (Fsp3) is 0.273. The fourth-order valence-electron chi connectivity index (χ4n) is 3.49. The van der Waals surface area contributed by atoms with Crippen molar-refractivity contribution >= 4 is 39.9 Å². The predicted octanol–water partition coefficient (Wildman–Crippen LogP) is 3.98. The van der Waals surface area contributed by atoms with Crippen molar-refractivity contribution in [3.63, 3.8) is 0 Å². The van der Waals surface area contributed by atoms with Crippen LogP contribution < -0.4 is 10.6 Å². The number of nitrogens with one attached hydrogen (secondary N) is 2. The minimum atomic E-state index is -0.598. The average Bonchev–Trinajstić information content (AvgIpc) is 3.26. The summed E-state index contributed by atoms with van der Waals surface area (Å²) in [4.78, 5) is 35.6. The first kappa shape index (κ1) is 22.3. The van der Waals surface area contributed by atoms with E-state index in [1.807, 2.05) is 12.3 Å². The molecular weight excluding hydrogens is 453 g/mol. The average molecular weight is 474 g/mol. The number of rotatable bonds is 6. The number of hydrogen-bond donors (Lipinski definition) is 2. The van der Waals surface area contributed by atoms with E-state index in [1.165, 1.54) is 17.7 Å². The van der Waals surface area contributed by atoms with E-state index < -0.39 is 11.7 Å². The molecule has 0 atom stereocenters. The second-order valence-electron chi connectivity index (χ2n) is 7.51. The van der Waals surface area contributed by atoms with Crippen LogP contribution in [-0.2, 0) is 6.54 Å². The van der Waals surface area contributed by atoms with Crippen LogP contribution in [0.5, 0.6) is 0 Å². The van der Waals surface area contributed by atoms with Gasteiger partial charge in [-0.1, -0.05) is 17.7 Å². The first-order chi connectivity index (χ1) is 15.5. The molecule has 4 rings (SSSR count). The molecule has 32 heavy (non-hydrogen) atoms. The largest absolute Gasteiger partial charge is 0.348 e. The lowest BCUT2D eigenvalue weighted by molar-refractivity contribution is 0.0903. The first-order valence-electron chi connectivity index (χ1n) is 10.1. The van der Waals surface area contributed by atoms with Gasteiger partial charge in [0.25, 0.3) is 11.8 Å². The fourth-order valence-corrected chi connectivity index (χ4v) is 4.35. The molecule has 1 saturated heterocycles. The quantitative estimate of drug-likeness (QED) is 0.565. The van der Waals surface area contributed by atoms with Gasteiger partial charge >= 0.3 is 0 Å². The van der Waals surface area contributed by atoms with Crippen LogP contribution in [0.25, 0.3) is 0 Å². The second-order valence-corrected chi connectivity index (χ2v) is 8.77. The van der Waals surface area contributed by atoms with E-state index >= 15 is 0 Å². The molecule has 0 bridgehead atoms. The minimum absolute atomic E-state index is 0.0775. The number of piperidine rings is 1. The second kappa shape index (κ2) is 10.2. The molecular formula is C22H21ClFN5O2S. The maximum absolute atomic E-state index is 13.3. The Hall–Kier alpha value is -2.88. The summed E-state index contributed by atoms with van der Waals surface area (Å²) in [6, 6.07) is 7.77. The van der Waals surface area contributed by atoms with E-state index in [4.69, 9.17) is 11.6 Å². The molecule has 2 amide bonds. The number of hydrogen-bond acceptors (Lipinski definition) is 6. The van der Waals surface area contributed by atoms with Gasteiger partial charge in [-0.25, -0.2) is 9.37 Å². The number of thiazole rings is 1. The standard InChI is InChI=1S/C22H21ClFN5O2S/c23-17-10-15(3-4-18(17)24)20(30)28-22-27-19(13-32-22)21(31)26-16-5-8-29(9-6-16)12-14-2-1-7-25-11-14/h1-4,7,10-11,13,16H,5-6,8-9,12H2,(H,26,31)(H,27,28,30). The lowest BCUT2D eigenvalue weighted by Gasteiger charge is -2.32. The van der Waals surface area contributed by atoms with Crippen molar-refractivity contribution in [2.75, 3.05) is 18.4 Å². The molecule has 2 aromatic heterocycles. The summed E-state index contributed by atoms with van der Waals surface area (Å²) in [5, 5.41) is 7.38. The highest BCUT2D eigenvalue weighted by Gasteiger charge is 2.22. The van der Waals surface area contributed by atoms with Crippen LogP contribution in [0.4, 0.5) is 9.52 Å². The van der Waals surface area contributed by atoms with Crippen molar-refractivity contribution < 1.29 is 14.0 Å². The lowest BCUT2D eigenvalue weighted by Crippen LogP contribution is -2.44. The van der Waals surface area contributed by atoms with Gasteiger partial charge in [0, 0.05) is 49.0 Å². The number of aromatic nitrogens is 2. The third-order valence-corrected chi connectivity index (χ3v) is 6.24. The first-order valence-corrected chi connectivity index (χ1v) is 11.4. The Kier molecular flexibility index (Phi) is 7.09. The van der Waals surface area contributed by atoms with Crippen LogP contribution in [-0.4, -0.2) is 45.8 Å². The van der Waals surface area contributed by atoms with E-state index in [9.17, 15) is 14.0 Å². The number of amides is 2. The van der Waals surface area contributed by atoms with Crippen molar-refractivity contribution in [3.8, 4) is 0 Å². The Bertz CT molecular complexity index is 1100. The Morgan fingerprint density at radius 3 is 2.75 bits per heavy atom. The van der Waals surface area contributed by atoms with Crippen LogP contribution in [0, 0.1) is 5.82 Å². The Labute approximate surface area is 193 Å². The molecule has 3 heterocycles. The summed E-state index contributed by atoms with van der Waals surface area (Å²) < 4.78 is 13.3. The number of carbonyl (C=O) groups is 2. The summed E-state index contributed by atoms with van der Waals surface area (Å²) in [6.07, 6.45) is 5.34. The smallest absolute Gasteiger partial charge is 0.271 e. The normalized spacial score (nSPS) is 14.8. The van der Waals surface area contributed by atoms with E-state index in [1.54, 1.807) is 11.6 Å². The van der Waals surface area contributed by atoms with Crippen molar-refractivity contribution in [1.82, 2.24) is 20.2 Å². The summed E-state index contributed by atoms with van der Waals surface area (Å²) in [5.74, 6) is -1.34. The zero-order valence-corrected chi connectivity index (χ0v) is 18.6. The Morgan fingerprint density at radius 2 is 2.03 bits per heavy atom. The molecule has 3 aromatic rings. The molecule has 1 fully saturated rings. The van der Waals surface area contributed by atoms with E-state index in [-0.39, 0.29) is 33.4 Å². The van der Waals surface area contributed by atoms with E-state index in [2.05, 4.69) is 31.6 Å². The van der Waals surface area contributed by atoms with Crippen molar-refractivity contribution in [2.45, 2.75) is 25.4 Å². The molecule has 1 aliphatic heterocycles. The third-order valence-electron chi connectivity index (χ3n) is 5.19. The molecule has 1 aliphatic rings. The summed E-state index contributed by atoms with van der Waals surface area (Å²) in [6.45, 7) is 2.62. The van der Waals surface area contributed by atoms with Crippen molar-refractivity contribution in [1.29, 1.82) is 0 Å². The number of halogens is 2. The topological polar surface area (TPSA) is 87.2 Å². The van der Waals surface area contributed by atoms with Gasteiger partial charge in [0.05, 0.1) is 5.02 Å². The van der Waals surface area contributed by atoms with Gasteiger partial charge in [0.2, 0.25) is 0 Å². The predicted molar refractivity (Wildman–Crippen MR) is 121 cm³/mol. The van der Waals surface area contributed by atoms with Crippen molar-refractivity contribution in [2.24, 2.45) is 0 Å².